The van der Waals surface area contributed by atoms with Gasteiger partial charge in [0.25, 0.3) is 0 Å². The highest BCUT2D eigenvalue weighted by Crippen LogP contribution is 2.11. The van der Waals surface area contributed by atoms with Crippen molar-refractivity contribution in [1.29, 1.82) is 0 Å². The molecular formula is C10H18N3+. The minimum Gasteiger partial charge on any atom is -0.262 e. The Balaban J connectivity index is 2.14. The average Bonchev–Trinajstić information content (AvgIpc) is 2.76. The Labute approximate surface area is 79.8 Å². The molecule has 0 aromatic heterocycles. The number of hydrogen-bond donors (Lipinski definition) is 0. The van der Waals surface area contributed by atoms with E-state index in [1.807, 2.05) is 0 Å². The van der Waals surface area contributed by atoms with E-state index in [4.69, 9.17) is 0 Å². The van der Waals surface area contributed by atoms with Crippen LogP contribution in [0.2, 0.25) is 0 Å². The summed E-state index contributed by atoms with van der Waals surface area (Å²) >= 11 is 0. The van der Waals surface area contributed by atoms with Crippen molar-refractivity contribution >= 4 is 12.7 Å². The molecule has 0 radical (unpaired) electrons. The second kappa shape index (κ2) is 3.90. The summed E-state index contributed by atoms with van der Waals surface area (Å²) in [5.74, 6) is 1.13. The van der Waals surface area contributed by atoms with Crippen LogP contribution in [-0.2, 0) is 0 Å². The summed E-state index contributed by atoms with van der Waals surface area (Å²) in [6.45, 7) is 8.37. The Morgan fingerprint density at radius 3 is 2.23 bits per heavy atom. The maximum absolute atomic E-state index is 4.17. The molecule has 0 saturated carbocycles. The van der Waals surface area contributed by atoms with Gasteiger partial charge in [-0.2, -0.15) is 0 Å². The Bertz CT molecular complexity index is 218. The number of likely N-dealkylation sites (tertiary alicyclic amines) is 1. The van der Waals surface area contributed by atoms with Crippen LogP contribution in [0.3, 0.4) is 0 Å². The summed E-state index contributed by atoms with van der Waals surface area (Å²) in [6, 6.07) is 0. The van der Waals surface area contributed by atoms with E-state index in [1.54, 1.807) is 0 Å². The summed E-state index contributed by atoms with van der Waals surface area (Å²) in [6.07, 6.45) is 5.25. The fourth-order valence-electron chi connectivity index (χ4n) is 2.23. The predicted octanol–water partition coefficient (Wildman–Crippen LogP) is 0.945. The lowest BCUT2D eigenvalue weighted by molar-refractivity contribution is -0.511. The molecule has 0 aromatic carbocycles. The van der Waals surface area contributed by atoms with Gasteiger partial charge < -0.3 is 0 Å². The molecule has 0 aromatic rings. The number of hydrogen-bond acceptors (Lipinski definition) is 0. The van der Waals surface area contributed by atoms with E-state index in [-0.39, 0.29) is 0 Å². The van der Waals surface area contributed by atoms with Crippen LogP contribution in [0.15, 0.2) is 4.99 Å². The highest BCUT2D eigenvalue weighted by molar-refractivity contribution is 5.80. The van der Waals surface area contributed by atoms with Crippen molar-refractivity contribution in [1.82, 2.24) is 4.90 Å². The first-order valence-electron chi connectivity index (χ1n) is 5.25. The van der Waals surface area contributed by atoms with E-state index < -0.39 is 0 Å². The molecular weight excluding hydrogens is 162 g/mol. The lowest BCUT2D eigenvalue weighted by atomic mass is 10.4. The molecule has 0 spiro atoms. The molecule has 2 saturated heterocycles. The zero-order valence-electron chi connectivity index (χ0n) is 8.21. The van der Waals surface area contributed by atoms with Crippen LogP contribution in [0, 0.1) is 0 Å². The molecule has 3 heteroatoms. The monoisotopic (exact) mass is 180 g/mol. The third kappa shape index (κ3) is 1.74. The zero-order valence-corrected chi connectivity index (χ0v) is 8.21. The van der Waals surface area contributed by atoms with E-state index in [1.165, 1.54) is 51.9 Å². The van der Waals surface area contributed by atoms with Crippen molar-refractivity contribution in [3.8, 4) is 0 Å². The Hall–Kier alpha value is -0.860. The van der Waals surface area contributed by atoms with Crippen LogP contribution >= 0.6 is 0 Å². The van der Waals surface area contributed by atoms with Gasteiger partial charge in [0.2, 0.25) is 0 Å². The molecule has 3 nitrogen and oxygen atoms in total. The standard InChI is InChI=1S/C10H18N3/c1-11-10(12-6-2-3-7-12)13-8-4-5-9-13/h1-9H2/q+1. The van der Waals surface area contributed by atoms with Crippen LogP contribution in [0.5, 0.6) is 0 Å². The predicted molar refractivity (Wildman–Crippen MR) is 54.6 cm³/mol. The van der Waals surface area contributed by atoms with Crippen molar-refractivity contribution in [2.24, 2.45) is 4.99 Å². The van der Waals surface area contributed by atoms with Gasteiger partial charge in [0, 0.05) is 0 Å². The summed E-state index contributed by atoms with van der Waals surface area (Å²) in [7, 11) is 0. The summed E-state index contributed by atoms with van der Waals surface area (Å²) in [5.41, 5.74) is 0. The fraction of sp³-hybridized carbons (Fsp3) is 0.800. The second-order valence-electron chi connectivity index (χ2n) is 3.85. The van der Waals surface area contributed by atoms with Gasteiger partial charge >= 0.3 is 5.96 Å². The molecule has 0 aliphatic carbocycles. The molecule has 2 rings (SSSR count). The molecule has 2 heterocycles. The third-order valence-corrected chi connectivity index (χ3v) is 2.92. The van der Waals surface area contributed by atoms with E-state index in [0.29, 0.717) is 0 Å². The van der Waals surface area contributed by atoms with Gasteiger partial charge in [-0.15, -0.1) is 0 Å². The zero-order chi connectivity index (χ0) is 9.10. The smallest absolute Gasteiger partial charge is 0.262 e. The summed E-state index contributed by atoms with van der Waals surface area (Å²) < 4.78 is 2.37. The van der Waals surface area contributed by atoms with Gasteiger partial charge in [-0.3, -0.25) is 9.48 Å². The third-order valence-electron chi connectivity index (χ3n) is 2.92. The molecule has 2 aliphatic rings. The van der Waals surface area contributed by atoms with Crippen LogP contribution < -0.4 is 0 Å². The van der Waals surface area contributed by atoms with Crippen molar-refractivity contribution in [2.75, 3.05) is 26.2 Å². The van der Waals surface area contributed by atoms with Crippen LogP contribution in [-0.4, -0.2) is 48.3 Å². The summed E-state index contributed by atoms with van der Waals surface area (Å²) in [5, 5.41) is 0. The second-order valence-corrected chi connectivity index (χ2v) is 3.85. The number of aliphatic imine (C=N–C) groups is 1. The van der Waals surface area contributed by atoms with Gasteiger partial charge in [-0.25, -0.2) is 0 Å². The van der Waals surface area contributed by atoms with Gasteiger partial charge in [-0.05, 0) is 25.7 Å². The average molecular weight is 180 g/mol. The Kier molecular flexibility index (Phi) is 2.62. The number of guanidine groups is 1. The number of nitrogens with zero attached hydrogens (tertiary/aromatic N) is 3. The molecule has 2 fully saturated rings. The topological polar surface area (TPSA) is 18.6 Å². The number of rotatable bonds is 0. The molecule has 0 amide bonds. The molecule has 0 atom stereocenters. The molecule has 0 N–H and O–H groups in total. The lowest BCUT2D eigenvalue weighted by Gasteiger charge is -2.11. The first-order chi connectivity index (χ1) is 6.42. The van der Waals surface area contributed by atoms with E-state index in [2.05, 4.69) is 21.2 Å². The van der Waals surface area contributed by atoms with Gasteiger partial charge in [-0.1, -0.05) is 4.99 Å². The lowest BCUT2D eigenvalue weighted by Crippen LogP contribution is -2.33. The molecule has 0 bridgehead atoms. The molecule has 13 heavy (non-hydrogen) atoms. The first-order valence-corrected chi connectivity index (χ1v) is 5.25. The SMILES string of the molecule is C=NC(N1CCCC1)=[N+]1CCCC1. The highest BCUT2D eigenvalue weighted by atomic mass is 15.3. The van der Waals surface area contributed by atoms with E-state index >= 15 is 0 Å². The maximum Gasteiger partial charge on any atom is 0.388 e. The largest absolute Gasteiger partial charge is 0.388 e. The van der Waals surface area contributed by atoms with Crippen molar-refractivity contribution in [2.45, 2.75) is 25.7 Å². The van der Waals surface area contributed by atoms with Crippen LogP contribution in [0.4, 0.5) is 0 Å². The quantitative estimate of drug-likeness (QED) is 0.308. The maximum atomic E-state index is 4.17. The van der Waals surface area contributed by atoms with Gasteiger partial charge in [0.05, 0.1) is 32.9 Å². The minimum absolute atomic E-state index is 1.13. The van der Waals surface area contributed by atoms with Gasteiger partial charge in [0.15, 0.2) is 0 Å². The molecule has 2 aliphatic heterocycles. The van der Waals surface area contributed by atoms with Gasteiger partial charge in [0.1, 0.15) is 0 Å². The first kappa shape index (κ1) is 8.73. The highest BCUT2D eigenvalue weighted by Gasteiger charge is 2.26. The van der Waals surface area contributed by atoms with Crippen molar-refractivity contribution in [3.63, 3.8) is 0 Å². The normalized spacial score (nSPS) is 22.5. The molecule has 72 valence electrons. The fourth-order valence-corrected chi connectivity index (χ4v) is 2.23. The van der Waals surface area contributed by atoms with E-state index in [9.17, 15) is 0 Å². The summed E-state index contributed by atoms with van der Waals surface area (Å²) in [4.78, 5) is 6.54. The van der Waals surface area contributed by atoms with E-state index in [0.717, 1.165) is 5.96 Å². The van der Waals surface area contributed by atoms with Crippen molar-refractivity contribution in [3.05, 3.63) is 0 Å². The minimum atomic E-state index is 1.13. The van der Waals surface area contributed by atoms with Crippen molar-refractivity contribution < 1.29 is 4.58 Å². The van der Waals surface area contributed by atoms with Crippen LogP contribution in [0.25, 0.3) is 0 Å². The Morgan fingerprint density at radius 2 is 1.69 bits per heavy atom. The Morgan fingerprint density at radius 1 is 1.08 bits per heavy atom. The molecule has 0 unspecified atom stereocenters. The van der Waals surface area contributed by atoms with Crippen LogP contribution in [0.1, 0.15) is 25.7 Å².